The van der Waals surface area contributed by atoms with Crippen molar-refractivity contribution in [3.8, 4) is 0 Å². The van der Waals surface area contributed by atoms with Crippen LogP contribution < -0.4 is 10.6 Å². The standard InChI is InChI=1S/C8H16N2O/c1-2-8(7-11)3-4-9-5-6-10-8/h7,9-10H,2-6H2,1H3. The first kappa shape index (κ1) is 8.68. The lowest BCUT2D eigenvalue weighted by Gasteiger charge is -2.25. The van der Waals surface area contributed by atoms with Crippen molar-refractivity contribution in [1.29, 1.82) is 0 Å². The van der Waals surface area contributed by atoms with E-state index in [2.05, 4.69) is 10.6 Å². The summed E-state index contributed by atoms with van der Waals surface area (Å²) in [6, 6.07) is 0. The Morgan fingerprint density at radius 3 is 2.91 bits per heavy atom. The summed E-state index contributed by atoms with van der Waals surface area (Å²) in [5, 5.41) is 6.51. The van der Waals surface area contributed by atoms with Crippen molar-refractivity contribution < 1.29 is 4.79 Å². The van der Waals surface area contributed by atoms with E-state index in [1.54, 1.807) is 0 Å². The molecule has 0 aromatic carbocycles. The molecule has 0 bridgehead atoms. The van der Waals surface area contributed by atoms with Gasteiger partial charge in [0.05, 0.1) is 5.54 Å². The molecule has 3 heteroatoms. The van der Waals surface area contributed by atoms with Crippen molar-refractivity contribution in [2.75, 3.05) is 19.6 Å². The zero-order valence-electron chi connectivity index (χ0n) is 7.02. The topological polar surface area (TPSA) is 41.1 Å². The number of aldehydes is 1. The smallest absolute Gasteiger partial charge is 0.140 e. The Labute approximate surface area is 67.5 Å². The maximum absolute atomic E-state index is 10.8. The molecule has 1 heterocycles. The van der Waals surface area contributed by atoms with Gasteiger partial charge in [-0.3, -0.25) is 0 Å². The first-order chi connectivity index (χ1) is 5.33. The summed E-state index contributed by atoms with van der Waals surface area (Å²) in [5.41, 5.74) is -0.247. The average molecular weight is 156 g/mol. The Hall–Kier alpha value is -0.410. The third-order valence-electron chi connectivity index (χ3n) is 2.38. The molecule has 0 aromatic heterocycles. The molecule has 3 nitrogen and oxygen atoms in total. The van der Waals surface area contributed by atoms with E-state index in [0.29, 0.717) is 0 Å². The molecule has 2 N–H and O–H groups in total. The minimum atomic E-state index is -0.247. The molecule has 1 unspecified atom stereocenters. The normalized spacial score (nSPS) is 32.8. The lowest BCUT2D eigenvalue weighted by atomic mass is 9.94. The largest absolute Gasteiger partial charge is 0.315 e. The van der Waals surface area contributed by atoms with Gasteiger partial charge in [0.25, 0.3) is 0 Å². The summed E-state index contributed by atoms with van der Waals surface area (Å²) in [6.45, 7) is 4.86. The van der Waals surface area contributed by atoms with Crippen LogP contribution in [0.5, 0.6) is 0 Å². The lowest BCUT2D eigenvalue weighted by molar-refractivity contribution is -0.113. The predicted molar refractivity (Wildman–Crippen MR) is 44.6 cm³/mol. The van der Waals surface area contributed by atoms with Crippen LogP contribution in [0.2, 0.25) is 0 Å². The fourth-order valence-electron chi connectivity index (χ4n) is 1.41. The van der Waals surface area contributed by atoms with Crippen LogP contribution in [0.3, 0.4) is 0 Å². The van der Waals surface area contributed by atoms with Crippen LogP contribution in [0.4, 0.5) is 0 Å². The highest BCUT2D eigenvalue weighted by Gasteiger charge is 2.27. The highest BCUT2D eigenvalue weighted by molar-refractivity contribution is 5.64. The third kappa shape index (κ3) is 2.01. The monoisotopic (exact) mass is 156 g/mol. The quantitative estimate of drug-likeness (QED) is 0.549. The van der Waals surface area contributed by atoms with E-state index in [1.165, 1.54) is 0 Å². The minimum absolute atomic E-state index is 0.247. The fourth-order valence-corrected chi connectivity index (χ4v) is 1.41. The number of hydrogen-bond donors (Lipinski definition) is 2. The van der Waals surface area contributed by atoms with Gasteiger partial charge in [-0.1, -0.05) is 6.92 Å². The van der Waals surface area contributed by atoms with Crippen LogP contribution in [0, 0.1) is 0 Å². The fraction of sp³-hybridized carbons (Fsp3) is 0.875. The molecule has 0 aromatic rings. The van der Waals surface area contributed by atoms with Crippen LogP contribution >= 0.6 is 0 Å². The van der Waals surface area contributed by atoms with Gasteiger partial charge in [0.2, 0.25) is 0 Å². The van der Waals surface area contributed by atoms with Gasteiger partial charge in [-0.15, -0.1) is 0 Å². The zero-order chi connectivity index (χ0) is 8.16. The van der Waals surface area contributed by atoms with E-state index in [1.807, 2.05) is 6.92 Å². The molecular weight excluding hydrogens is 140 g/mol. The second-order valence-electron chi connectivity index (χ2n) is 3.05. The maximum Gasteiger partial charge on any atom is 0.140 e. The van der Waals surface area contributed by atoms with E-state index < -0.39 is 0 Å². The molecule has 1 aliphatic rings. The number of rotatable bonds is 2. The molecule has 0 spiro atoms. The number of carbonyl (C=O) groups is 1. The molecule has 0 saturated carbocycles. The molecule has 1 aliphatic heterocycles. The molecule has 0 radical (unpaired) electrons. The van der Waals surface area contributed by atoms with Crippen molar-refractivity contribution >= 4 is 6.29 Å². The Bertz CT molecular complexity index is 128. The van der Waals surface area contributed by atoms with Crippen molar-refractivity contribution in [2.45, 2.75) is 25.3 Å². The van der Waals surface area contributed by atoms with Crippen LogP contribution in [-0.4, -0.2) is 31.5 Å². The van der Waals surface area contributed by atoms with E-state index in [9.17, 15) is 4.79 Å². The lowest BCUT2D eigenvalue weighted by Crippen LogP contribution is -2.46. The number of hydrogen-bond acceptors (Lipinski definition) is 3. The van der Waals surface area contributed by atoms with Gasteiger partial charge in [0, 0.05) is 13.1 Å². The van der Waals surface area contributed by atoms with E-state index in [0.717, 1.165) is 38.8 Å². The predicted octanol–water partition coefficient (Wildman–Crippen LogP) is -0.0830. The van der Waals surface area contributed by atoms with Gasteiger partial charge in [-0.2, -0.15) is 0 Å². The van der Waals surface area contributed by atoms with Crippen molar-refractivity contribution in [1.82, 2.24) is 10.6 Å². The summed E-state index contributed by atoms with van der Waals surface area (Å²) in [7, 11) is 0. The molecule has 1 fully saturated rings. The third-order valence-corrected chi connectivity index (χ3v) is 2.38. The summed E-state index contributed by atoms with van der Waals surface area (Å²) >= 11 is 0. The summed E-state index contributed by atoms with van der Waals surface area (Å²) < 4.78 is 0. The van der Waals surface area contributed by atoms with Crippen LogP contribution in [-0.2, 0) is 4.79 Å². The van der Waals surface area contributed by atoms with Gasteiger partial charge in [0.15, 0.2) is 0 Å². The molecule has 1 atom stereocenters. The van der Waals surface area contributed by atoms with Gasteiger partial charge in [-0.25, -0.2) is 0 Å². The van der Waals surface area contributed by atoms with Gasteiger partial charge < -0.3 is 15.4 Å². The summed E-state index contributed by atoms with van der Waals surface area (Å²) in [6.07, 6.45) is 2.85. The van der Waals surface area contributed by atoms with E-state index in [4.69, 9.17) is 0 Å². The highest BCUT2D eigenvalue weighted by Crippen LogP contribution is 2.12. The zero-order valence-corrected chi connectivity index (χ0v) is 7.02. The maximum atomic E-state index is 10.8. The summed E-state index contributed by atoms with van der Waals surface area (Å²) in [4.78, 5) is 10.8. The van der Waals surface area contributed by atoms with Gasteiger partial charge in [-0.05, 0) is 19.4 Å². The van der Waals surface area contributed by atoms with Crippen molar-refractivity contribution in [3.05, 3.63) is 0 Å². The second-order valence-corrected chi connectivity index (χ2v) is 3.05. The van der Waals surface area contributed by atoms with E-state index in [-0.39, 0.29) is 5.54 Å². The Kier molecular flexibility index (Phi) is 3.02. The Morgan fingerprint density at radius 1 is 1.45 bits per heavy atom. The highest BCUT2D eigenvalue weighted by atomic mass is 16.1. The second kappa shape index (κ2) is 3.83. The van der Waals surface area contributed by atoms with Gasteiger partial charge >= 0.3 is 0 Å². The first-order valence-electron chi connectivity index (χ1n) is 4.25. The average Bonchev–Trinajstić information content (AvgIpc) is 2.30. The Balaban J connectivity index is 2.55. The van der Waals surface area contributed by atoms with E-state index >= 15 is 0 Å². The minimum Gasteiger partial charge on any atom is -0.315 e. The van der Waals surface area contributed by atoms with Crippen LogP contribution in [0.1, 0.15) is 19.8 Å². The number of carbonyl (C=O) groups excluding carboxylic acids is 1. The molecule has 1 saturated heterocycles. The SMILES string of the molecule is CCC1(C=O)CCNCCN1. The molecular formula is C8H16N2O. The Morgan fingerprint density at radius 2 is 2.27 bits per heavy atom. The molecule has 64 valence electrons. The molecule has 0 aliphatic carbocycles. The first-order valence-corrected chi connectivity index (χ1v) is 4.25. The summed E-state index contributed by atoms with van der Waals surface area (Å²) in [5.74, 6) is 0. The molecule has 0 amide bonds. The van der Waals surface area contributed by atoms with Crippen molar-refractivity contribution in [2.24, 2.45) is 0 Å². The molecule has 1 rings (SSSR count). The van der Waals surface area contributed by atoms with Crippen molar-refractivity contribution in [3.63, 3.8) is 0 Å². The van der Waals surface area contributed by atoms with Crippen LogP contribution in [0.25, 0.3) is 0 Å². The number of nitrogens with one attached hydrogen (secondary N) is 2. The molecule has 11 heavy (non-hydrogen) atoms. The van der Waals surface area contributed by atoms with Crippen LogP contribution in [0.15, 0.2) is 0 Å². The van der Waals surface area contributed by atoms with Gasteiger partial charge in [0.1, 0.15) is 6.29 Å².